The molecule has 0 radical (unpaired) electrons. The van der Waals surface area contributed by atoms with Crippen LogP contribution in [-0.2, 0) is 17.8 Å². The monoisotopic (exact) mass is 368 g/mol. The van der Waals surface area contributed by atoms with Gasteiger partial charge in [-0.25, -0.2) is 9.97 Å². The van der Waals surface area contributed by atoms with Crippen LogP contribution in [0.3, 0.4) is 0 Å². The summed E-state index contributed by atoms with van der Waals surface area (Å²) in [6, 6.07) is 9.44. The number of rotatable bonds is 7. The first kappa shape index (κ1) is 19.3. The third-order valence-electron chi connectivity index (χ3n) is 5.29. The SMILES string of the molecule is CCN(CC1CCN(c2ncccn2)CC1)C(=O)Cc1ccccc1CO. The number of carbonyl (C=O) groups excluding carboxylic acids is 1. The highest BCUT2D eigenvalue weighted by Crippen LogP contribution is 2.22. The van der Waals surface area contributed by atoms with Gasteiger partial charge in [0.2, 0.25) is 11.9 Å². The van der Waals surface area contributed by atoms with Crippen LogP contribution in [0.4, 0.5) is 5.95 Å². The molecule has 2 aromatic rings. The van der Waals surface area contributed by atoms with Crippen molar-refractivity contribution in [2.45, 2.75) is 32.8 Å². The van der Waals surface area contributed by atoms with Gasteiger partial charge in [-0.15, -0.1) is 0 Å². The van der Waals surface area contributed by atoms with Crippen molar-refractivity contribution in [1.82, 2.24) is 14.9 Å². The highest BCUT2D eigenvalue weighted by Gasteiger charge is 2.24. The molecule has 1 saturated heterocycles. The number of likely N-dealkylation sites (N-methyl/N-ethyl adjacent to an activating group) is 1. The molecule has 1 aliphatic heterocycles. The summed E-state index contributed by atoms with van der Waals surface area (Å²) in [5, 5.41) is 9.47. The molecule has 1 aromatic heterocycles. The molecule has 1 aliphatic rings. The van der Waals surface area contributed by atoms with E-state index in [0.29, 0.717) is 18.9 Å². The lowest BCUT2D eigenvalue weighted by atomic mass is 9.96. The standard InChI is InChI=1S/C21H28N4O2/c1-2-24(20(27)14-18-6-3-4-7-19(18)16-26)15-17-8-12-25(13-9-17)21-22-10-5-11-23-21/h3-7,10-11,17,26H,2,8-9,12-16H2,1H3. The zero-order chi connectivity index (χ0) is 19.1. The van der Waals surface area contributed by atoms with Crippen molar-refractivity contribution in [2.24, 2.45) is 5.92 Å². The third kappa shape index (κ3) is 5.04. The summed E-state index contributed by atoms with van der Waals surface area (Å²) in [6.45, 7) is 5.35. The van der Waals surface area contributed by atoms with Gasteiger partial charge in [0, 0.05) is 38.6 Å². The molecule has 0 saturated carbocycles. The predicted molar refractivity (Wildman–Crippen MR) is 105 cm³/mol. The fraction of sp³-hybridized carbons (Fsp3) is 0.476. The number of piperidine rings is 1. The Morgan fingerprint density at radius 1 is 1.15 bits per heavy atom. The molecule has 1 amide bonds. The topological polar surface area (TPSA) is 69.6 Å². The normalized spacial score (nSPS) is 15.0. The first-order chi connectivity index (χ1) is 13.2. The lowest BCUT2D eigenvalue weighted by molar-refractivity contribution is -0.131. The maximum atomic E-state index is 12.8. The highest BCUT2D eigenvalue weighted by molar-refractivity contribution is 5.79. The molecule has 0 atom stereocenters. The molecule has 3 rings (SSSR count). The van der Waals surface area contributed by atoms with Crippen molar-refractivity contribution in [2.75, 3.05) is 31.1 Å². The number of aliphatic hydroxyl groups excluding tert-OH is 1. The number of amides is 1. The molecular formula is C21H28N4O2. The smallest absolute Gasteiger partial charge is 0.227 e. The second kappa shape index (κ2) is 9.46. The number of benzene rings is 1. The van der Waals surface area contributed by atoms with Gasteiger partial charge in [0.05, 0.1) is 13.0 Å². The number of hydrogen-bond acceptors (Lipinski definition) is 5. The summed E-state index contributed by atoms with van der Waals surface area (Å²) in [5.41, 5.74) is 1.75. The average molecular weight is 368 g/mol. The van der Waals surface area contributed by atoms with Crippen molar-refractivity contribution < 1.29 is 9.90 Å². The van der Waals surface area contributed by atoms with E-state index in [1.54, 1.807) is 12.4 Å². The molecule has 0 unspecified atom stereocenters. The summed E-state index contributed by atoms with van der Waals surface area (Å²) in [5.74, 6) is 1.43. The van der Waals surface area contributed by atoms with E-state index in [2.05, 4.69) is 14.9 Å². The molecule has 1 fully saturated rings. The highest BCUT2D eigenvalue weighted by atomic mass is 16.3. The molecule has 2 heterocycles. The van der Waals surface area contributed by atoms with Crippen LogP contribution in [-0.4, -0.2) is 52.1 Å². The van der Waals surface area contributed by atoms with E-state index in [1.807, 2.05) is 42.2 Å². The number of aliphatic hydroxyl groups is 1. The minimum Gasteiger partial charge on any atom is -0.392 e. The lowest BCUT2D eigenvalue weighted by Gasteiger charge is -2.34. The predicted octanol–water partition coefficient (Wildman–Crippen LogP) is 2.28. The van der Waals surface area contributed by atoms with Gasteiger partial charge in [-0.05, 0) is 42.9 Å². The van der Waals surface area contributed by atoms with E-state index in [9.17, 15) is 9.90 Å². The Balaban J connectivity index is 1.54. The van der Waals surface area contributed by atoms with Gasteiger partial charge in [-0.2, -0.15) is 0 Å². The maximum absolute atomic E-state index is 12.8. The molecular weight excluding hydrogens is 340 g/mol. The van der Waals surface area contributed by atoms with E-state index in [4.69, 9.17) is 0 Å². The van der Waals surface area contributed by atoms with E-state index in [0.717, 1.165) is 49.6 Å². The molecule has 1 aromatic carbocycles. The Hall–Kier alpha value is -2.47. The molecule has 27 heavy (non-hydrogen) atoms. The molecule has 1 N–H and O–H groups in total. The summed E-state index contributed by atoms with van der Waals surface area (Å²) in [4.78, 5) is 25.6. The molecule has 144 valence electrons. The van der Waals surface area contributed by atoms with Crippen LogP contribution in [0.5, 0.6) is 0 Å². The second-order valence-corrected chi connectivity index (χ2v) is 7.02. The van der Waals surface area contributed by atoms with Gasteiger partial charge in [-0.3, -0.25) is 4.79 Å². The van der Waals surface area contributed by atoms with Crippen LogP contribution >= 0.6 is 0 Å². The van der Waals surface area contributed by atoms with E-state index in [-0.39, 0.29) is 12.5 Å². The zero-order valence-corrected chi connectivity index (χ0v) is 15.9. The van der Waals surface area contributed by atoms with Gasteiger partial charge >= 0.3 is 0 Å². The molecule has 6 nitrogen and oxygen atoms in total. The summed E-state index contributed by atoms with van der Waals surface area (Å²) in [7, 11) is 0. The van der Waals surface area contributed by atoms with Gasteiger partial charge in [-0.1, -0.05) is 24.3 Å². The molecule has 0 aliphatic carbocycles. The average Bonchev–Trinajstić information content (AvgIpc) is 2.73. The molecule has 0 spiro atoms. The maximum Gasteiger partial charge on any atom is 0.227 e. The Kier molecular flexibility index (Phi) is 6.76. The number of anilines is 1. The summed E-state index contributed by atoms with van der Waals surface area (Å²) >= 11 is 0. The number of aromatic nitrogens is 2. The number of hydrogen-bond donors (Lipinski definition) is 1. The van der Waals surface area contributed by atoms with Gasteiger partial charge in [0.1, 0.15) is 0 Å². The van der Waals surface area contributed by atoms with Gasteiger partial charge in [0.25, 0.3) is 0 Å². The van der Waals surface area contributed by atoms with Crippen molar-refractivity contribution in [3.05, 3.63) is 53.9 Å². The van der Waals surface area contributed by atoms with E-state index >= 15 is 0 Å². The first-order valence-corrected chi connectivity index (χ1v) is 9.68. The Morgan fingerprint density at radius 3 is 2.44 bits per heavy atom. The largest absolute Gasteiger partial charge is 0.392 e. The summed E-state index contributed by atoms with van der Waals surface area (Å²) < 4.78 is 0. The van der Waals surface area contributed by atoms with Crippen molar-refractivity contribution in [3.8, 4) is 0 Å². The first-order valence-electron chi connectivity index (χ1n) is 9.68. The van der Waals surface area contributed by atoms with Crippen LogP contribution in [0.2, 0.25) is 0 Å². The van der Waals surface area contributed by atoms with Crippen LogP contribution in [0, 0.1) is 5.92 Å². The Morgan fingerprint density at radius 2 is 1.81 bits per heavy atom. The van der Waals surface area contributed by atoms with Crippen LogP contribution < -0.4 is 4.90 Å². The molecule has 6 heteroatoms. The van der Waals surface area contributed by atoms with Crippen LogP contribution in [0.25, 0.3) is 0 Å². The quantitative estimate of drug-likeness (QED) is 0.812. The Labute approximate surface area is 160 Å². The minimum absolute atomic E-state index is 0.0321. The summed E-state index contributed by atoms with van der Waals surface area (Å²) in [6.07, 6.45) is 5.97. The van der Waals surface area contributed by atoms with E-state index in [1.165, 1.54) is 0 Å². The third-order valence-corrected chi connectivity index (χ3v) is 5.29. The van der Waals surface area contributed by atoms with E-state index < -0.39 is 0 Å². The lowest BCUT2D eigenvalue weighted by Crippen LogP contribution is -2.41. The zero-order valence-electron chi connectivity index (χ0n) is 15.9. The van der Waals surface area contributed by atoms with Crippen molar-refractivity contribution in [3.63, 3.8) is 0 Å². The van der Waals surface area contributed by atoms with Crippen LogP contribution in [0.15, 0.2) is 42.7 Å². The minimum atomic E-state index is -0.0321. The number of carbonyl (C=O) groups is 1. The Bertz CT molecular complexity index is 730. The second-order valence-electron chi connectivity index (χ2n) is 7.02. The number of nitrogens with zero attached hydrogens (tertiary/aromatic N) is 4. The van der Waals surface area contributed by atoms with Crippen LogP contribution in [0.1, 0.15) is 30.9 Å². The van der Waals surface area contributed by atoms with Crippen molar-refractivity contribution >= 4 is 11.9 Å². The molecule has 0 bridgehead atoms. The van der Waals surface area contributed by atoms with Gasteiger partial charge < -0.3 is 14.9 Å². The fourth-order valence-corrected chi connectivity index (χ4v) is 3.65. The van der Waals surface area contributed by atoms with Crippen molar-refractivity contribution in [1.29, 1.82) is 0 Å². The van der Waals surface area contributed by atoms with Gasteiger partial charge in [0.15, 0.2) is 0 Å². The fourth-order valence-electron chi connectivity index (χ4n) is 3.65.